The number of rotatable bonds is 8. The largest absolute Gasteiger partial charge is 0.496 e. The van der Waals surface area contributed by atoms with Gasteiger partial charge < -0.3 is 26.2 Å². The van der Waals surface area contributed by atoms with Crippen LogP contribution in [0.5, 0.6) is 5.75 Å². The quantitative estimate of drug-likeness (QED) is 0.426. The van der Waals surface area contributed by atoms with Crippen molar-refractivity contribution in [3.05, 3.63) is 45.1 Å². The van der Waals surface area contributed by atoms with Gasteiger partial charge in [-0.1, -0.05) is 17.7 Å². The lowest BCUT2D eigenvalue weighted by Crippen LogP contribution is -2.48. The van der Waals surface area contributed by atoms with Gasteiger partial charge >= 0.3 is 6.09 Å². The number of methoxy groups -OCH3 is 1. The normalized spacial score (nSPS) is 16.8. The van der Waals surface area contributed by atoms with Gasteiger partial charge in [-0.15, -0.1) is 11.3 Å². The Bertz CT molecular complexity index is 932. The Kier molecular flexibility index (Phi) is 8.22. The van der Waals surface area contributed by atoms with Gasteiger partial charge in [-0.25, -0.2) is 4.79 Å². The predicted molar refractivity (Wildman–Crippen MR) is 127 cm³/mol. The molecule has 1 aromatic carbocycles. The summed E-state index contributed by atoms with van der Waals surface area (Å²) in [6.45, 7) is 4.28. The summed E-state index contributed by atoms with van der Waals surface area (Å²) in [5.74, 6) is 0.479. The molecule has 0 saturated carbocycles. The molecule has 0 radical (unpaired) electrons. The molecule has 0 spiro atoms. The molecule has 1 fully saturated rings. The highest BCUT2D eigenvalue weighted by atomic mass is 35.5. The first-order valence-corrected chi connectivity index (χ1v) is 11.7. The third-order valence-electron chi connectivity index (χ3n) is 5.95. The van der Waals surface area contributed by atoms with Crippen LogP contribution in [0.1, 0.15) is 41.0 Å². The first-order chi connectivity index (χ1) is 15.3. The summed E-state index contributed by atoms with van der Waals surface area (Å²) in [6.07, 6.45) is 0.800. The average Bonchev–Trinajstić information content (AvgIpc) is 3.31. The van der Waals surface area contributed by atoms with Crippen LogP contribution in [0.15, 0.2) is 29.6 Å². The van der Waals surface area contributed by atoms with Crippen LogP contribution in [0.2, 0.25) is 5.02 Å². The van der Waals surface area contributed by atoms with E-state index in [0.29, 0.717) is 34.5 Å². The molecule has 3 rings (SSSR count). The minimum absolute atomic E-state index is 0.0291. The maximum atomic E-state index is 12.7. The highest BCUT2D eigenvalue weighted by Gasteiger charge is 2.30. The first-order valence-electron chi connectivity index (χ1n) is 10.5. The maximum Gasteiger partial charge on any atom is 0.405 e. The van der Waals surface area contributed by atoms with Crippen LogP contribution in [-0.2, 0) is 0 Å². The van der Waals surface area contributed by atoms with Gasteiger partial charge in [-0.2, -0.15) is 0 Å². The van der Waals surface area contributed by atoms with E-state index in [9.17, 15) is 14.7 Å². The van der Waals surface area contributed by atoms with E-state index in [1.807, 2.05) is 17.5 Å². The number of carbonyl (C=O) groups excluding carboxylic acids is 1. The van der Waals surface area contributed by atoms with Crippen LogP contribution < -0.4 is 21.1 Å². The van der Waals surface area contributed by atoms with E-state index in [-0.39, 0.29) is 18.0 Å². The number of halogens is 1. The molecule has 32 heavy (non-hydrogen) atoms. The number of carboxylic acid groups (broad SMARTS) is 1. The molecule has 1 aromatic heterocycles. The van der Waals surface area contributed by atoms with Crippen LogP contribution in [0.3, 0.4) is 0 Å². The van der Waals surface area contributed by atoms with Crippen molar-refractivity contribution in [3.63, 3.8) is 0 Å². The van der Waals surface area contributed by atoms with Gasteiger partial charge in [0.2, 0.25) is 0 Å². The van der Waals surface area contributed by atoms with E-state index in [1.54, 1.807) is 17.4 Å². The number of carbonyl (C=O) groups is 2. The van der Waals surface area contributed by atoms with Crippen molar-refractivity contribution < 1.29 is 19.4 Å². The molecule has 1 saturated heterocycles. The second kappa shape index (κ2) is 10.9. The number of nitrogens with one attached hydrogen (secondary N) is 2. The molecule has 0 aliphatic carbocycles. The molecule has 2 unspecified atom stereocenters. The molecular formula is C22H29ClN4O4S. The van der Waals surface area contributed by atoms with Crippen molar-refractivity contribution in [2.75, 3.05) is 32.5 Å². The SMILES string of the molecule is COc1cc(N)c(Cl)cc1C(=O)NCC1CCN(C(C)C(NC(=O)O)c2cccs2)CC1. The molecule has 1 aliphatic heterocycles. The molecule has 1 aliphatic rings. The Labute approximate surface area is 196 Å². The monoisotopic (exact) mass is 480 g/mol. The second-order valence-corrected chi connectivity index (χ2v) is 9.33. The zero-order chi connectivity index (χ0) is 23.3. The minimum Gasteiger partial charge on any atom is -0.496 e. The lowest BCUT2D eigenvalue weighted by atomic mass is 9.94. The Morgan fingerprint density at radius 1 is 1.38 bits per heavy atom. The van der Waals surface area contributed by atoms with Crippen molar-refractivity contribution in [1.29, 1.82) is 0 Å². The fourth-order valence-corrected chi connectivity index (χ4v) is 5.09. The fourth-order valence-electron chi connectivity index (χ4n) is 4.05. The Hall–Kier alpha value is -2.49. The topological polar surface area (TPSA) is 117 Å². The summed E-state index contributed by atoms with van der Waals surface area (Å²) in [4.78, 5) is 27.3. The summed E-state index contributed by atoms with van der Waals surface area (Å²) in [6, 6.07) is 6.72. The number of hydrogen-bond acceptors (Lipinski definition) is 6. The number of piperidine rings is 1. The number of likely N-dealkylation sites (tertiary alicyclic amines) is 1. The van der Waals surface area contributed by atoms with Gasteiger partial charge in [0, 0.05) is 23.5 Å². The molecule has 174 valence electrons. The number of ether oxygens (including phenoxy) is 1. The zero-order valence-electron chi connectivity index (χ0n) is 18.1. The standard InChI is InChI=1S/C22H29ClN4O4S/c1-13(20(26-22(29)30)19-4-3-9-32-19)27-7-5-14(6-8-27)12-25-21(28)15-10-16(23)17(24)11-18(15)31-2/h3-4,9-11,13-14,20,26H,5-8,12,24H2,1-2H3,(H,25,28)(H,29,30). The number of nitrogen functional groups attached to an aromatic ring is 1. The van der Waals surface area contributed by atoms with Crippen LogP contribution in [0.25, 0.3) is 0 Å². The van der Waals surface area contributed by atoms with Crippen LogP contribution >= 0.6 is 22.9 Å². The van der Waals surface area contributed by atoms with E-state index in [0.717, 1.165) is 30.8 Å². The van der Waals surface area contributed by atoms with Crippen LogP contribution in [0, 0.1) is 5.92 Å². The van der Waals surface area contributed by atoms with Crippen LogP contribution in [0.4, 0.5) is 10.5 Å². The Morgan fingerprint density at radius 2 is 2.09 bits per heavy atom. The van der Waals surface area contributed by atoms with Gasteiger partial charge in [-0.3, -0.25) is 9.69 Å². The number of amides is 2. The third kappa shape index (κ3) is 5.85. The van der Waals surface area contributed by atoms with Gasteiger partial charge in [0.25, 0.3) is 5.91 Å². The molecule has 2 atom stereocenters. The summed E-state index contributed by atoms with van der Waals surface area (Å²) in [5, 5.41) is 17.2. The van der Waals surface area contributed by atoms with Gasteiger partial charge in [0.1, 0.15) is 5.75 Å². The van der Waals surface area contributed by atoms with Crippen molar-refractivity contribution in [3.8, 4) is 5.75 Å². The lowest BCUT2D eigenvalue weighted by Gasteiger charge is -2.39. The number of benzene rings is 1. The van der Waals surface area contributed by atoms with Crippen molar-refractivity contribution in [2.24, 2.45) is 5.92 Å². The number of nitrogens with two attached hydrogens (primary N) is 1. The summed E-state index contributed by atoms with van der Waals surface area (Å²) in [5.41, 5.74) is 6.51. The van der Waals surface area contributed by atoms with E-state index < -0.39 is 6.09 Å². The zero-order valence-corrected chi connectivity index (χ0v) is 19.7. The number of hydrogen-bond donors (Lipinski definition) is 4. The number of thiophene rings is 1. The second-order valence-electron chi connectivity index (χ2n) is 7.95. The highest BCUT2D eigenvalue weighted by molar-refractivity contribution is 7.10. The van der Waals surface area contributed by atoms with E-state index in [4.69, 9.17) is 22.1 Å². The molecule has 8 nitrogen and oxygen atoms in total. The Morgan fingerprint density at radius 3 is 2.69 bits per heavy atom. The average molecular weight is 481 g/mol. The number of anilines is 1. The smallest absolute Gasteiger partial charge is 0.405 e. The molecule has 0 bridgehead atoms. The van der Waals surface area contributed by atoms with Gasteiger partial charge in [0.15, 0.2) is 0 Å². The van der Waals surface area contributed by atoms with Gasteiger partial charge in [0.05, 0.1) is 29.4 Å². The minimum atomic E-state index is -1.02. The van der Waals surface area contributed by atoms with E-state index in [1.165, 1.54) is 13.2 Å². The van der Waals surface area contributed by atoms with Crippen molar-refractivity contribution in [2.45, 2.75) is 31.8 Å². The maximum absolute atomic E-state index is 12.7. The summed E-state index contributed by atoms with van der Waals surface area (Å²) in [7, 11) is 1.49. The summed E-state index contributed by atoms with van der Waals surface area (Å²) >= 11 is 7.62. The van der Waals surface area contributed by atoms with E-state index >= 15 is 0 Å². The fraction of sp³-hybridized carbons (Fsp3) is 0.455. The molecule has 2 heterocycles. The summed E-state index contributed by atoms with van der Waals surface area (Å²) < 4.78 is 5.26. The predicted octanol–water partition coefficient (Wildman–Crippen LogP) is 3.83. The first kappa shape index (κ1) is 24.2. The molecular weight excluding hydrogens is 452 g/mol. The van der Waals surface area contributed by atoms with Gasteiger partial charge in [-0.05, 0) is 56.3 Å². The lowest BCUT2D eigenvalue weighted by molar-refractivity contribution is 0.0910. The van der Waals surface area contributed by atoms with Crippen LogP contribution in [-0.4, -0.2) is 54.8 Å². The molecule has 10 heteroatoms. The Balaban J connectivity index is 1.54. The molecule has 2 amide bonds. The molecule has 2 aromatic rings. The number of nitrogens with zero attached hydrogens (tertiary/aromatic N) is 1. The van der Waals surface area contributed by atoms with Crippen molar-refractivity contribution >= 4 is 40.6 Å². The van der Waals surface area contributed by atoms with Crippen molar-refractivity contribution in [1.82, 2.24) is 15.5 Å². The third-order valence-corrected chi connectivity index (χ3v) is 7.23. The molecule has 5 N–H and O–H groups in total. The van der Waals surface area contributed by atoms with E-state index in [2.05, 4.69) is 22.5 Å². The highest BCUT2D eigenvalue weighted by Crippen LogP contribution is 2.30.